The molecule has 0 aromatic heterocycles. The summed E-state index contributed by atoms with van der Waals surface area (Å²) in [6, 6.07) is 0. The van der Waals surface area contributed by atoms with Crippen LogP contribution < -0.4 is 5.32 Å². The van der Waals surface area contributed by atoms with Gasteiger partial charge >= 0.3 is 0 Å². The number of amidine groups is 1. The van der Waals surface area contributed by atoms with Crippen molar-refractivity contribution in [1.82, 2.24) is 10.2 Å². The van der Waals surface area contributed by atoms with Gasteiger partial charge in [-0.3, -0.25) is 9.79 Å². The molecule has 0 heterocycles. The molecule has 0 saturated carbocycles. The Hall–Kier alpha value is -1.06. The third-order valence-electron chi connectivity index (χ3n) is 3.58. The van der Waals surface area contributed by atoms with E-state index in [4.69, 9.17) is 0 Å². The van der Waals surface area contributed by atoms with Crippen LogP contribution in [0.3, 0.4) is 0 Å². The molecule has 0 aliphatic heterocycles. The molecule has 19 heavy (non-hydrogen) atoms. The molecule has 0 bridgehead atoms. The van der Waals surface area contributed by atoms with Crippen LogP contribution in [-0.2, 0) is 4.79 Å². The number of rotatable bonds is 7. The first-order valence-electron chi connectivity index (χ1n) is 7.15. The Morgan fingerprint density at radius 2 is 1.95 bits per heavy atom. The second-order valence-electron chi connectivity index (χ2n) is 6.26. The molecule has 0 saturated heterocycles. The maximum Gasteiger partial charge on any atom is 0.222 e. The highest BCUT2D eigenvalue weighted by Crippen LogP contribution is 2.19. The Balaban J connectivity index is 4.12. The second-order valence-corrected chi connectivity index (χ2v) is 6.26. The second kappa shape index (κ2) is 8.18. The Morgan fingerprint density at radius 1 is 1.37 bits per heavy atom. The Bertz CT molecular complexity index is 309. The van der Waals surface area contributed by atoms with Crippen molar-refractivity contribution in [2.45, 2.75) is 47.5 Å². The molecular formula is C15H31N3O. The zero-order chi connectivity index (χ0) is 15.1. The molecule has 0 spiro atoms. The van der Waals surface area contributed by atoms with Gasteiger partial charge in [0, 0.05) is 33.1 Å². The van der Waals surface area contributed by atoms with Crippen molar-refractivity contribution in [3.63, 3.8) is 0 Å². The minimum atomic E-state index is 0.0826. The minimum Gasteiger partial charge on any atom is -0.367 e. The fraction of sp³-hybridized carbons (Fsp3) is 0.867. The van der Waals surface area contributed by atoms with E-state index in [2.05, 4.69) is 24.2 Å². The van der Waals surface area contributed by atoms with Crippen LogP contribution >= 0.6 is 0 Å². The van der Waals surface area contributed by atoms with E-state index in [0.717, 1.165) is 25.2 Å². The summed E-state index contributed by atoms with van der Waals surface area (Å²) in [4.78, 5) is 18.3. The lowest BCUT2D eigenvalue weighted by molar-refractivity contribution is -0.125. The van der Waals surface area contributed by atoms with E-state index in [-0.39, 0.29) is 17.2 Å². The average molecular weight is 269 g/mol. The van der Waals surface area contributed by atoms with Gasteiger partial charge < -0.3 is 10.2 Å². The number of hydrogen-bond donors (Lipinski definition) is 1. The molecule has 0 aromatic rings. The van der Waals surface area contributed by atoms with Gasteiger partial charge in [0.25, 0.3) is 0 Å². The van der Waals surface area contributed by atoms with E-state index >= 15 is 0 Å². The lowest BCUT2D eigenvalue weighted by Gasteiger charge is -2.25. The molecule has 112 valence electrons. The van der Waals surface area contributed by atoms with Gasteiger partial charge in [-0.05, 0) is 25.2 Å². The smallest absolute Gasteiger partial charge is 0.222 e. The first kappa shape index (κ1) is 17.9. The van der Waals surface area contributed by atoms with Crippen LogP contribution in [0.5, 0.6) is 0 Å². The van der Waals surface area contributed by atoms with Crippen LogP contribution in [-0.4, -0.2) is 43.8 Å². The van der Waals surface area contributed by atoms with Crippen LogP contribution in [0.15, 0.2) is 4.99 Å². The van der Waals surface area contributed by atoms with Crippen LogP contribution in [0.1, 0.15) is 47.5 Å². The fourth-order valence-corrected chi connectivity index (χ4v) is 1.44. The van der Waals surface area contributed by atoms with Crippen LogP contribution in [0.4, 0.5) is 0 Å². The van der Waals surface area contributed by atoms with E-state index in [9.17, 15) is 4.79 Å². The maximum atomic E-state index is 11.7. The predicted molar refractivity (Wildman–Crippen MR) is 82.5 cm³/mol. The summed E-state index contributed by atoms with van der Waals surface area (Å²) >= 11 is 0. The SMILES string of the molecule is CCC(C)C(=O)NCC(C)(C)CCN=C(C)N(C)C. The minimum absolute atomic E-state index is 0.0826. The van der Waals surface area contributed by atoms with Gasteiger partial charge in [0.2, 0.25) is 5.91 Å². The number of aliphatic imine (C=N–C) groups is 1. The van der Waals surface area contributed by atoms with E-state index in [1.165, 1.54) is 0 Å². The fourth-order valence-electron chi connectivity index (χ4n) is 1.44. The third kappa shape index (κ3) is 7.85. The van der Waals surface area contributed by atoms with Crippen LogP contribution in [0.2, 0.25) is 0 Å². The highest BCUT2D eigenvalue weighted by atomic mass is 16.1. The summed E-state index contributed by atoms with van der Waals surface area (Å²) in [5, 5.41) is 3.04. The Morgan fingerprint density at radius 3 is 2.42 bits per heavy atom. The number of nitrogens with one attached hydrogen (secondary N) is 1. The molecule has 4 nitrogen and oxygen atoms in total. The van der Waals surface area contributed by atoms with E-state index in [1.54, 1.807) is 0 Å². The van der Waals surface area contributed by atoms with E-state index in [0.29, 0.717) is 6.54 Å². The zero-order valence-corrected chi connectivity index (χ0v) is 13.7. The van der Waals surface area contributed by atoms with Crippen molar-refractivity contribution in [2.24, 2.45) is 16.3 Å². The number of carbonyl (C=O) groups excluding carboxylic acids is 1. The molecule has 1 N–H and O–H groups in total. The monoisotopic (exact) mass is 269 g/mol. The molecule has 1 atom stereocenters. The lowest BCUT2D eigenvalue weighted by atomic mass is 9.89. The Labute approximate surface area is 118 Å². The summed E-state index contributed by atoms with van der Waals surface area (Å²) in [5.41, 5.74) is 0.0826. The van der Waals surface area contributed by atoms with Crippen molar-refractivity contribution in [1.29, 1.82) is 0 Å². The standard InChI is InChI=1S/C15H31N3O/c1-8-12(2)14(19)17-11-15(4,5)9-10-16-13(3)18(6)7/h12H,8-11H2,1-7H3,(H,17,19). The number of nitrogens with zero attached hydrogens (tertiary/aromatic N) is 2. The largest absolute Gasteiger partial charge is 0.367 e. The van der Waals surface area contributed by atoms with E-state index < -0.39 is 0 Å². The third-order valence-corrected chi connectivity index (χ3v) is 3.58. The number of hydrogen-bond acceptors (Lipinski definition) is 2. The highest BCUT2D eigenvalue weighted by Gasteiger charge is 2.20. The zero-order valence-electron chi connectivity index (χ0n) is 13.7. The average Bonchev–Trinajstić information content (AvgIpc) is 2.34. The summed E-state index contributed by atoms with van der Waals surface area (Å²) < 4.78 is 0. The molecule has 0 aliphatic carbocycles. The van der Waals surface area contributed by atoms with E-state index in [1.807, 2.05) is 39.8 Å². The summed E-state index contributed by atoms with van der Waals surface area (Å²) in [5.74, 6) is 1.30. The molecule has 1 amide bonds. The predicted octanol–water partition coefficient (Wildman–Crippen LogP) is 2.55. The first-order valence-corrected chi connectivity index (χ1v) is 7.15. The summed E-state index contributed by atoms with van der Waals surface area (Å²) in [7, 11) is 3.99. The van der Waals surface area contributed by atoms with Crippen molar-refractivity contribution in [3.05, 3.63) is 0 Å². The molecule has 0 aliphatic rings. The van der Waals surface area contributed by atoms with Crippen molar-refractivity contribution in [3.8, 4) is 0 Å². The summed E-state index contributed by atoms with van der Waals surface area (Å²) in [6.45, 7) is 11.9. The van der Waals surface area contributed by atoms with Gasteiger partial charge in [0.05, 0.1) is 5.84 Å². The molecule has 0 rings (SSSR count). The number of carbonyl (C=O) groups is 1. The van der Waals surface area contributed by atoms with Crippen LogP contribution in [0.25, 0.3) is 0 Å². The van der Waals surface area contributed by atoms with Gasteiger partial charge in [-0.15, -0.1) is 0 Å². The van der Waals surface area contributed by atoms with Gasteiger partial charge in [-0.2, -0.15) is 0 Å². The summed E-state index contributed by atoms with van der Waals surface area (Å²) in [6.07, 6.45) is 1.86. The highest BCUT2D eigenvalue weighted by molar-refractivity contribution is 5.79. The maximum absolute atomic E-state index is 11.7. The van der Waals surface area contributed by atoms with Gasteiger partial charge in [0.15, 0.2) is 0 Å². The normalized spacial score (nSPS) is 14.2. The van der Waals surface area contributed by atoms with Crippen molar-refractivity contribution >= 4 is 11.7 Å². The van der Waals surface area contributed by atoms with Gasteiger partial charge in [-0.25, -0.2) is 0 Å². The van der Waals surface area contributed by atoms with Crippen molar-refractivity contribution in [2.75, 3.05) is 27.2 Å². The first-order chi connectivity index (χ1) is 8.69. The molecule has 0 radical (unpaired) electrons. The Kier molecular flexibility index (Phi) is 7.72. The van der Waals surface area contributed by atoms with Crippen LogP contribution in [0, 0.1) is 11.3 Å². The van der Waals surface area contributed by atoms with Gasteiger partial charge in [-0.1, -0.05) is 27.7 Å². The number of amides is 1. The molecule has 0 fully saturated rings. The van der Waals surface area contributed by atoms with Crippen molar-refractivity contribution < 1.29 is 4.79 Å². The molecular weight excluding hydrogens is 238 g/mol. The molecule has 0 aromatic carbocycles. The van der Waals surface area contributed by atoms with Gasteiger partial charge in [0.1, 0.15) is 0 Å². The topological polar surface area (TPSA) is 44.7 Å². The lowest BCUT2D eigenvalue weighted by Crippen LogP contribution is -2.37. The quantitative estimate of drug-likeness (QED) is 0.570. The molecule has 1 unspecified atom stereocenters. The molecule has 4 heteroatoms.